The van der Waals surface area contributed by atoms with Gasteiger partial charge in [-0.15, -0.1) is 0 Å². The Balaban J connectivity index is 2.73. The number of halogens is 1. The van der Waals surface area contributed by atoms with E-state index >= 15 is 0 Å². The van der Waals surface area contributed by atoms with Gasteiger partial charge in [-0.05, 0) is 45.0 Å². The highest BCUT2D eigenvalue weighted by molar-refractivity contribution is 6.30. The molecule has 0 saturated carbocycles. The molecular formula is C14H23ClN2. The molecule has 0 aromatic heterocycles. The first-order valence-electron chi connectivity index (χ1n) is 6.10. The molecule has 1 aromatic rings. The average molecular weight is 255 g/mol. The topological polar surface area (TPSA) is 29.3 Å². The molecule has 0 aliphatic heterocycles. The molecule has 2 unspecified atom stereocenters. The van der Waals surface area contributed by atoms with E-state index in [2.05, 4.69) is 38.8 Å². The summed E-state index contributed by atoms with van der Waals surface area (Å²) in [4.78, 5) is 2.27. The number of nitrogens with zero attached hydrogens (tertiary/aromatic N) is 1. The quantitative estimate of drug-likeness (QED) is 0.872. The van der Waals surface area contributed by atoms with Crippen molar-refractivity contribution in [2.75, 3.05) is 13.6 Å². The molecule has 3 heteroatoms. The third-order valence-corrected chi connectivity index (χ3v) is 3.65. The normalized spacial score (nSPS) is 16.9. The zero-order chi connectivity index (χ0) is 13.1. The van der Waals surface area contributed by atoms with Gasteiger partial charge in [0.15, 0.2) is 0 Å². The number of nitrogens with two attached hydrogens (primary N) is 1. The molecule has 1 rings (SSSR count). The van der Waals surface area contributed by atoms with Crippen LogP contribution in [0.2, 0.25) is 5.02 Å². The SMILES string of the molecule is CCC(C)(N)CN(C)C(C)c1cccc(Cl)c1. The van der Waals surface area contributed by atoms with Gasteiger partial charge < -0.3 is 5.73 Å². The van der Waals surface area contributed by atoms with E-state index in [0.29, 0.717) is 6.04 Å². The summed E-state index contributed by atoms with van der Waals surface area (Å²) in [6, 6.07) is 8.33. The monoisotopic (exact) mass is 254 g/mol. The molecular weight excluding hydrogens is 232 g/mol. The van der Waals surface area contributed by atoms with Gasteiger partial charge in [0.05, 0.1) is 0 Å². The summed E-state index contributed by atoms with van der Waals surface area (Å²) in [5.41, 5.74) is 7.29. The lowest BCUT2D eigenvalue weighted by Crippen LogP contribution is -2.46. The van der Waals surface area contributed by atoms with Crippen molar-refractivity contribution >= 4 is 11.6 Å². The zero-order valence-corrected chi connectivity index (χ0v) is 12.0. The minimum Gasteiger partial charge on any atom is -0.324 e. The standard InChI is InChI=1S/C14H23ClN2/c1-5-14(3,16)10-17(4)11(2)12-7-6-8-13(15)9-12/h6-9,11H,5,10,16H2,1-4H3. The molecule has 96 valence electrons. The van der Waals surface area contributed by atoms with E-state index in [-0.39, 0.29) is 5.54 Å². The molecule has 2 atom stereocenters. The maximum absolute atomic E-state index is 6.19. The van der Waals surface area contributed by atoms with Crippen LogP contribution in [-0.2, 0) is 0 Å². The lowest BCUT2D eigenvalue weighted by Gasteiger charge is -2.33. The molecule has 0 aliphatic carbocycles. The Kier molecular flexibility index (Phi) is 4.99. The molecule has 2 nitrogen and oxygen atoms in total. The van der Waals surface area contributed by atoms with Gasteiger partial charge in [-0.2, -0.15) is 0 Å². The second-order valence-electron chi connectivity index (χ2n) is 5.15. The van der Waals surface area contributed by atoms with Crippen LogP contribution in [0.15, 0.2) is 24.3 Å². The minimum absolute atomic E-state index is 0.137. The predicted octanol–water partition coefficient (Wildman–Crippen LogP) is 3.46. The van der Waals surface area contributed by atoms with Crippen LogP contribution in [0.5, 0.6) is 0 Å². The Morgan fingerprint density at radius 3 is 2.65 bits per heavy atom. The summed E-state index contributed by atoms with van der Waals surface area (Å²) in [6.45, 7) is 7.26. The summed E-state index contributed by atoms with van der Waals surface area (Å²) in [6.07, 6.45) is 0.972. The zero-order valence-electron chi connectivity index (χ0n) is 11.2. The number of hydrogen-bond donors (Lipinski definition) is 1. The molecule has 0 heterocycles. The van der Waals surface area contributed by atoms with Crippen molar-refractivity contribution in [3.8, 4) is 0 Å². The van der Waals surface area contributed by atoms with E-state index < -0.39 is 0 Å². The van der Waals surface area contributed by atoms with E-state index in [1.165, 1.54) is 5.56 Å². The van der Waals surface area contributed by atoms with Gasteiger partial charge in [-0.3, -0.25) is 4.90 Å². The fraction of sp³-hybridized carbons (Fsp3) is 0.571. The summed E-state index contributed by atoms with van der Waals surface area (Å²) in [5.74, 6) is 0. The molecule has 0 saturated heterocycles. The van der Waals surface area contributed by atoms with Gasteiger partial charge in [-0.1, -0.05) is 30.7 Å². The Morgan fingerprint density at radius 1 is 1.47 bits per heavy atom. The predicted molar refractivity (Wildman–Crippen MR) is 75.4 cm³/mol. The average Bonchev–Trinajstić information content (AvgIpc) is 2.27. The minimum atomic E-state index is -0.137. The molecule has 0 spiro atoms. The third kappa shape index (κ3) is 4.30. The highest BCUT2D eigenvalue weighted by Gasteiger charge is 2.21. The number of rotatable bonds is 5. The Bertz CT molecular complexity index is 363. The van der Waals surface area contributed by atoms with Crippen molar-refractivity contribution in [3.05, 3.63) is 34.9 Å². The first-order chi connectivity index (χ1) is 7.85. The molecule has 0 bridgehead atoms. The van der Waals surface area contributed by atoms with Crippen molar-refractivity contribution in [2.45, 2.75) is 38.8 Å². The molecule has 1 aromatic carbocycles. The summed E-state index contributed by atoms with van der Waals surface area (Å²) in [7, 11) is 2.10. The van der Waals surface area contributed by atoms with Gasteiger partial charge >= 0.3 is 0 Å². The van der Waals surface area contributed by atoms with Gasteiger partial charge in [0, 0.05) is 23.1 Å². The van der Waals surface area contributed by atoms with E-state index in [1.807, 2.05) is 18.2 Å². The largest absolute Gasteiger partial charge is 0.324 e. The van der Waals surface area contributed by atoms with Crippen LogP contribution in [0.3, 0.4) is 0 Å². The van der Waals surface area contributed by atoms with Crippen LogP contribution < -0.4 is 5.73 Å². The molecule has 17 heavy (non-hydrogen) atoms. The summed E-state index contributed by atoms with van der Waals surface area (Å²) < 4.78 is 0. The van der Waals surface area contributed by atoms with Crippen LogP contribution in [0.4, 0.5) is 0 Å². The maximum Gasteiger partial charge on any atom is 0.0409 e. The molecule has 0 aliphatic rings. The van der Waals surface area contributed by atoms with E-state index in [1.54, 1.807) is 0 Å². The summed E-state index contributed by atoms with van der Waals surface area (Å²) in [5, 5.41) is 0.786. The lowest BCUT2D eigenvalue weighted by atomic mass is 9.98. The van der Waals surface area contributed by atoms with E-state index in [4.69, 9.17) is 17.3 Å². The Labute approximate surface area is 110 Å². The van der Waals surface area contributed by atoms with Crippen molar-refractivity contribution in [1.82, 2.24) is 4.90 Å². The van der Waals surface area contributed by atoms with Crippen molar-refractivity contribution in [1.29, 1.82) is 0 Å². The van der Waals surface area contributed by atoms with Crippen molar-refractivity contribution in [2.24, 2.45) is 5.73 Å². The molecule has 0 fully saturated rings. The smallest absolute Gasteiger partial charge is 0.0409 e. The number of hydrogen-bond acceptors (Lipinski definition) is 2. The van der Waals surface area contributed by atoms with Gasteiger partial charge in [0.25, 0.3) is 0 Å². The van der Waals surface area contributed by atoms with Gasteiger partial charge in [0.1, 0.15) is 0 Å². The number of benzene rings is 1. The van der Waals surface area contributed by atoms with E-state index in [9.17, 15) is 0 Å². The maximum atomic E-state index is 6.19. The van der Waals surface area contributed by atoms with Crippen LogP contribution >= 0.6 is 11.6 Å². The first kappa shape index (κ1) is 14.5. The van der Waals surface area contributed by atoms with E-state index in [0.717, 1.165) is 18.0 Å². The Morgan fingerprint density at radius 2 is 2.12 bits per heavy atom. The Hall–Kier alpha value is -0.570. The van der Waals surface area contributed by atoms with Crippen LogP contribution in [0.1, 0.15) is 38.8 Å². The molecule has 0 radical (unpaired) electrons. The van der Waals surface area contributed by atoms with Crippen molar-refractivity contribution < 1.29 is 0 Å². The van der Waals surface area contributed by atoms with Crippen LogP contribution in [0, 0.1) is 0 Å². The number of likely N-dealkylation sites (N-methyl/N-ethyl adjacent to an activating group) is 1. The molecule has 2 N–H and O–H groups in total. The summed E-state index contributed by atoms with van der Waals surface area (Å²) >= 11 is 6.01. The molecule has 0 amide bonds. The van der Waals surface area contributed by atoms with Gasteiger partial charge in [-0.25, -0.2) is 0 Å². The second-order valence-corrected chi connectivity index (χ2v) is 5.59. The fourth-order valence-corrected chi connectivity index (χ4v) is 2.04. The third-order valence-electron chi connectivity index (χ3n) is 3.41. The highest BCUT2D eigenvalue weighted by atomic mass is 35.5. The highest BCUT2D eigenvalue weighted by Crippen LogP contribution is 2.23. The first-order valence-corrected chi connectivity index (χ1v) is 6.48. The van der Waals surface area contributed by atoms with Crippen LogP contribution in [-0.4, -0.2) is 24.0 Å². The second kappa shape index (κ2) is 5.85. The van der Waals surface area contributed by atoms with Crippen molar-refractivity contribution in [3.63, 3.8) is 0 Å². The lowest BCUT2D eigenvalue weighted by molar-refractivity contribution is 0.203. The van der Waals surface area contributed by atoms with Gasteiger partial charge in [0.2, 0.25) is 0 Å². The fourth-order valence-electron chi connectivity index (χ4n) is 1.84. The van der Waals surface area contributed by atoms with Crippen LogP contribution in [0.25, 0.3) is 0 Å².